The van der Waals surface area contributed by atoms with Gasteiger partial charge in [-0.2, -0.15) is 5.26 Å². The van der Waals surface area contributed by atoms with Gasteiger partial charge in [0.05, 0.1) is 6.07 Å². The third-order valence-electron chi connectivity index (χ3n) is 4.17. The van der Waals surface area contributed by atoms with Gasteiger partial charge in [-0.1, -0.05) is 54.1 Å². The zero-order chi connectivity index (χ0) is 14.8. The van der Waals surface area contributed by atoms with Gasteiger partial charge in [0.2, 0.25) is 0 Å². The molecule has 2 nitrogen and oxygen atoms in total. The van der Waals surface area contributed by atoms with Crippen molar-refractivity contribution in [1.82, 2.24) is 5.32 Å². The van der Waals surface area contributed by atoms with E-state index in [4.69, 9.17) is 5.26 Å². The highest BCUT2D eigenvalue weighted by atomic mass is 19.1. The molecule has 1 aliphatic rings. The molecule has 3 heteroatoms. The topological polar surface area (TPSA) is 35.8 Å². The number of hydrogen-bond acceptors (Lipinski definition) is 2. The number of benzene rings is 2. The molecule has 0 unspecified atom stereocenters. The molecule has 0 aromatic heterocycles. The fraction of sp³-hybridized carbons (Fsp3) is 0.278. The van der Waals surface area contributed by atoms with Crippen molar-refractivity contribution in [2.24, 2.45) is 0 Å². The molecule has 0 radical (unpaired) electrons. The Balaban J connectivity index is 1.84. The molecule has 0 saturated carbocycles. The number of rotatable bonds is 3. The zero-order valence-electron chi connectivity index (χ0n) is 11.9. The first-order chi connectivity index (χ1) is 10.2. The van der Waals surface area contributed by atoms with Gasteiger partial charge in [0.25, 0.3) is 0 Å². The van der Waals surface area contributed by atoms with E-state index in [1.165, 1.54) is 5.56 Å². The predicted octanol–water partition coefficient (Wildman–Crippen LogP) is 3.58. The Bertz CT molecular complexity index is 655. The summed E-state index contributed by atoms with van der Waals surface area (Å²) in [6.07, 6.45) is 0. The number of alkyl halides is 1. The number of aryl methyl sites for hydroxylation is 1. The van der Waals surface area contributed by atoms with Crippen LogP contribution in [0.4, 0.5) is 4.39 Å². The monoisotopic (exact) mass is 280 g/mol. The molecule has 0 amide bonds. The fourth-order valence-electron chi connectivity index (χ4n) is 2.88. The number of nitriles is 1. The minimum absolute atomic E-state index is 0.0490. The Morgan fingerprint density at radius 1 is 1.05 bits per heavy atom. The summed E-state index contributed by atoms with van der Waals surface area (Å²) in [6, 6.07) is 18.1. The predicted molar refractivity (Wildman–Crippen MR) is 81.7 cm³/mol. The SMILES string of the molecule is Cc1ccc(-c2ccc([C@H]3[C@H](C#N)N[C@H]3CF)cc2)cc1. The Morgan fingerprint density at radius 3 is 2.14 bits per heavy atom. The van der Waals surface area contributed by atoms with Gasteiger partial charge in [0.15, 0.2) is 0 Å². The van der Waals surface area contributed by atoms with Crippen molar-refractivity contribution in [3.8, 4) is 17.2 Å². The van der Waals surface area contributed by atoms with Crippen LogP contribution in [0.1, 0.15) is 17.0 Å². The number of halogens is 1. The third-order valence-corrected chi connectivity index (χ3v) is 4.17. The van der Waals surface area contributed by atoms with Crippen molar-refractivity contribution in [3.05, 3.63) is 59.7 Å². The summed E-state index contributed by atoms with van der Waals surface area (Å²) in [5.41, 5.74) is 4.56. The van der Waals surface area contributed by atoms with E-state index in [0.717, 1.165) is 16.7 Å². The van der Waals surface area contributed by atoms with E-state index in [1.54, 1.807) is 0 Å². The van der Waals surface area contributed by atoms with Crippen LogP contribution >= 0.6 is 0 Å². The molecule has 1 fully saturated rings. The van der Waals surface area contributed by atoms with Crippen LogP contribution in [0.25, 0.3) is 11.1 Å². The lowest BCUT2D eigenvalue weighted by Gasteiger charge is -2.41. The van der Waals surface area contributed by atoms with Crippen LogP contribution in [0.5, 0.6) is 0 Å². The molecule has 0 aliphatic carbocycles. The van der Waals surface area contributed by atoms with E-state index in [0.29, 0.717) is 0 Å². The number of nitrogens with zero attached hydrogens (tertiary/aromatic N) is 1. The van der Waals surface area contributed by atoms with Crippen molar-refractivity contribution in [1.29, 1.82) is 5.26 Å². The Labute approximate surface area is 124 Å². The lowest BCUT2D eigenvalue weighted by Crippen LogP contribution is -2.59. The highest BCUT2D eigenvalue weighted by Crippen LogP contribution is 2.33. The van der Waals surface area contributed by atoms with Gasteiger partial charge < -0.3 is 0 Å². The molecule has 0 bridgehead atoms. The minimum atomic E-state index is -0.442. The van der Waals surface area contributed by atoms with Gasteiger partial charge in [-0.3, -0.25) is 5.32 Å². The summed E-state index contributed by atoms with van der Waals surface area (Å²) in [5, 5.41) is 12.0. The van der Waals surface area contributed by atoms with Crippen LogP contribution in [0, 0.1) is 18.3 Å². The minimum Gasteiger partial charge on any atom is -0.295 e. The van der Waals surface area contributed by atoms with Crippen molar-refractivity contribution in [2.75, 3.05) is 6.67 Å². The largest absolute Gasteiger partial charge is 0.295 e. The number of nitrogens with one attached hydrogen (secondary N) is 1. The van der Waals surface area contributed by atoms with Crippen LogP contribution in [-0.2, 0) is 0 Å². The normalized spacial score (nSPS) is 24.1. The number of hydrogen-bond donors (Lipinski definition) is 1. The smallest absolute Gasteiger partial charge is 0.105 e. The quantitative estimate of drug-likeness (QED) is 0.932. The van der Waals surface area contributed by atoms with E-state index in [-0.39, 0.29) is 18.0 Å². The highest BCUT2D eigenvalue weighted by Gasteiger charge is 2.41. The van der Waals surface area contributed by atoms with Crippen LogP contribution in [0.3, 0.4) is 0 Å². The molecular weight excluding hydrogens is 263 g/mol. The molecule has 106 valence electrons. The second-order valence-electron chi connectivity index (χ2n) is 5.55. The summed E-state index contributed by atoms with van der Waals surface area (Å²) < 4.78 is 12.9. The van der Waals surface area contributed by atoms with Gasteiger partial charge in [0.1, 0.15) is 12.7 Å². The Kier molecular flexibility index (Phi) is 3.72. The Hall–Kier alpha value is -2.18. The summed E-state index contributed by atoms with van der Waals surface area (Å²) in [4.78, 5) is 0. The maximum Gasteiger partial charge on any atom is 0.105 e. The van der Waals surface area contributed by atoms with Gasteiger partial charge in [-0.15, -0.1) is 0 Å². The standard InChI is InChI=1S/C18H17FN2/c1-12-2-4-13(5-3-12)14-6-8-15(9-7-14)18-16(10-19)21-17(18)11-20/h2-9,16-18,21H,10H2,1H3/t16-,17-,18+/m0/s1. The van der Waals surface area contributed by atoms with E-state index >= 15 is 0 Å². The third kappa shape index (κ3) is 2.55. The molecular formula is C18H17FN2. The van der Waals surface area contributed by atoms with Crippen molar-refractivity contribution >= 4 is 0 Å². The second-order valence-corrected chi connectivity index (χ2v) is 5.55. The van der Waals surface area contributed by atoms with Gasteiger partial charge in [-0.25, -0.2) is 4.39 Å². The zero-order valence-corrected chi connectivity index (χ0v) is 11.9. The molecule has 3 rings (SSSR count). The lowest BCUT2D eigenvalue weighted by molar-refractivity contribution is 0.210. The average Bonchev–Trinajstić information content (AvgIpc) is 2.49. The molecule has 21 heavy (non-hydrogen) atoms. The van der Waals surface area contributed by atoms with Crippen molar-refractivity contribution in [3.63, 3.8) is 0 Å². The first-order valence-corrected chi connectivity index (χ1v) is 7.11. The molecule has 0 spiro atoms. The van der Waals surface area contributed by atoms with Crippen LogP contribution in [-0.4, -0.2) is 18.8 Å². The van der Waals surface area contributed by atoms with Crippen LogP contribution in [0.15, 0.2) is 48.5 Å². The molecule has 2 aromatic rings. The second kappa shape index (κ2) is 5.67. The fourth-order valence-corrected chi connectivity index (χ4v) is 2.88. The van der Waals surface area contributed by atoms with Gasteiger partial charge >= 0.3 is 0 Å². The summed E-state index contributed by atoms with van der Waals surface area (Å²) in [5.74, 6) is -0.0490. The van der Waals surface area contributed by atoms with E-state index < -0.39 is 6.67 Å². The van der Waals surface area contributed by atoms with Gasteiger partial charge in [-0.05, 0) is 23.6 Å². The molecule has 1 N–H and O–H groups in total. The van der Waals surface area contributed by atoms with Crippen LogP contribution in [0.2, 0.25) is 0 Å². The maximum absolute atomic E-state index is 12.9. The van der Waals surface area contributed by atoms with Crippen LogP contribution < -0.4 is 5.32 Å². The van der Waals surface area contributed by atoms with E-state index in [9.17, 15) is 4.39 Å². The first-order valence-electron chi connectivity index (χ1n) is 7.11. The summed E-state index contributed by atoms with van der Waals surface area (Å²) in [7, 11) is 0. The van der Waals surface area contributed by atoms with E-state index in [2.05, 4.69) is 42.6 Å². The van der Waals surface area contributed by atoms with Gasteiger partial charge in [0, 0.05) is 12.0 Å². The molecule has 1 saturated heterocycles. The molecule has 2 aromatic carbocycles. The van der Waals surface area contributed by atoms with Crippen molar-refractivity contribution < 1.29 is 4.39 Å². The molecule has 3 atom stereocenters. The lowest BCUT2D eigenvalue weighted by atomic mass is 9.78. The summed E-state index contributed by atoms with van der Waals surface area (Å²) in [6.45, 7) is 1.62. The van der Waals surface area contributed by atoms with E-state index in [1.807, 2.05) is 24.3 Å². The molecule has 1 heterocycles. The molecule has 1 aliphatic heterocycles. The Morgan fingerprint density at radius 2 is 1.62 bits per heavy atom. The maximum atomic E-state index is 12.9. The summed E-state index contributed by atoms with van der Waals surface area (Å²) >= 11 is 0. The highest BCUT2D eigenvalue weighted by molar-refractivity contribution is 5.64. The first kappa shape index (κ1) is 13.8. The average molecular weight is 280 g/mol. The van der Waals surface area contributed by atoms with Crippen molar-refractivity contribution in [2.45, 2.75) is 24.9 Å².